The van der Waals surface area contributed by atoms with Crippen LogP contribution in [0.4, 0.5) is 0 Å². The Labute approximate surface area is 142 Å². The van der Waals surface area contributed by atoms with E-state index in [9.17, 15) is 9.59 Å². The van der Waals surface area contributed by atoms with Gasteiger partial charge in [-0.2, -0.15) is 0 Å². The predicted octanol–water partition coefficient (Wildman–Crippen LogP) is 2.68. The number of nitrogens with one attached hydrogen (secondary N) is 1. The summed E-state index contributed by atoms with van der Waals surface area (Å²) in [5, 5.41) is 3.20. The van der Waals surface area contributed by atoms with E-state index < -0.39 is 0 Å². The van der Waals surface area contributed by atoms with Crippen molar-refractivity contribution in [3.05, 3.63) is 48.0 Å². The fraction of sp³-hybridized carbons (Fsp3) is 0.500. The molecule has 5 unspecified atom stereocenters. The van der Waals surface area contributed by atoms with Gasteiger partial charge >= 0.3 is 0 Å². The van der Waals surface area contributed by atoms with Crippen molar-refractivity contribution in [2.45, 2.75) is 38.3 Å². The van der Waals surface area contributed by atoms with Gasteiger partial charge in [0.25, 0.3) is 0 Å². The minimum atomic E-state index is -0.216. The summed E-state index contributed by atoms with van der Waals surface area (Å²) in [6, 6.07) is 10.3. The first-order valence-corrected chi connectivity index (χ1v) is 8.95. The molecule has 2 aliphatic carbocycles. The minimum absolute atomic E-state index is 0.0157. The molecule has 2 bridgehead atoms. The van der Waals surface area contributed by atoms with Crippen LogP contribution < -0.4 is 5.32 Å². The number of likely N-dealkylation sites (tertiary alicyclic amines) is 1. The fourth-order valence-electron chi connectivity index (χ4n) is 4.44. The van der Waals surface area contributed by atoms with Crippen LogP contribution in [-0.4, -0.2) is 29.3 Å². The average molecular weight is 324 g/mol. The van der Waals surface area contributed by atoms with Crippen molar-refractivity contribution < 1.29 is 9.59 Å². The van der Waals surface area contributed by atoms with Gasteiger partial charge in [-0.25, -0.2) is 0 Å². The Morgan fingerprint density at radius 2 is 2.00 bits per heavy atom. The zero-order chi connectivity index (χ0) is 16.7. The molecule has 3 aliphatic rings. The van der Waals surface area contributed by atoms with Crippen LogP contribution in [0.25, 0.3) is 0 Å². The Bertz CT molecular complexity index is 669. The van der Waals surface area contributed by atoms with E-state index in [4.69, 9.17) is 0 Å². The van der Waals surface area contributed by atoms with E-state index in [1.165, 1.54) is 6.42 Å². The molecule has 1 N–H and O–H groups in total. The third kappa shape index (κ3) is 2.74. The molecule has 0 spiro atoms. The van der Waals surface area contributed by atoms with Gasteiger partial charge in [0.05, 0.1) is 12.0 Å². The Kier molecular flexibility index (Phi) is 3.91. The van der Waals surface area contributed by atoms with E-state index >= 15 is 0 Å². The van der Waals surface area contributed by atoms with Gasteiger partial charge < -0.3 is 10.2 Å². The number of rotatable bonds is 4. The second-order valence-corrected chi connectivity index (χ2v) is 7.43. The fourth-order valence-corrected chi connectivity index (χ4v) is 4.44. The third-order valence-electron chi connectivity index (χ3n) is 5.89. The van der Waals surface area contributed by atoms with E-state index in [-0.39, 0.29) is 29.8 Å². The van der Waals surface area contributed by atoms with Crippen molar-refractivity contribution in [3.63, 3.8) is 0 Å². The first-order chi connectivity index (χ1) is 11.6. The van der Waals surface area contributed by atoms with E-state index in [2.05, 4.69) is 17.5 Å². The maximum absolute atomic E-state index is 12.6. The number of amides is 2. The zero-order valence-corrected chi connectivity index (χ0v) is 14.0. The van der Waals surface area contributed by atoms with Crippen LogP contribution in [0.2, 0.25) is 0 Å². The molecule has 0 radical (unpaired) electrons. The molecule has 1 aromatic carbocycles. The van der Waals surface area contributed by atoms with Crippen molar-refractivity contribution >= 4 is 11.8 Å². The van der Waals surface area contributed by atoms with Gasteiger partial charge in [0.15, 0.2) is 0 Å². The lowest BCUT2D eigenvalue weighted by Crippen LogP contribution is -2.41. The van der Waals surface area contributed by atoms with Crippen LogP contribution in [0.3, 0.4) is 0 Å². The number of carbonyl (C=O) groups is 2. The maximum Gasteiger partial charge on any atom is 0.225 e. The lowest BCUT2D eigenvalue weighted by atomic mass is 10.00. The summed E-state index contributed by atoms with van der Waals surface area (Å²) in [7, 11) is 0. The number of carbonyl (C=O) groups excluding carboxylic acids is 2. The first-order valence-electron chi connectivity index (χ1n) is 8.95. The second-order valence-electron chi connectivity index (χ2n) is 7.43. The molecule has 126 valence electrons. The summed E-state index contributed by atoms with van der Waals surface area (Å²) in [4.78, 5) is 26.9. The Hall–Kier alpha value is -2.10. The smallest absolute Gasteiger partial charge is 0.225 e. The van der Waals surface area contributed by atoms with Crippen LogP contribution in [0.1, 0.15) is 37.8 Å². The molecule has 1 saturated heterocycles. The minimum Gasteiger partial charge on any atom is -0.352 e. The average Bonchev–Trinajstić information content (AvgIpc) is 3.30. The molecule has 0 aromatic heterocycles. The van der Waals surface area contributed by atoms with Crippen LogP contribution >= 0.6 is 0 Å². The van der Waals surface area contributed by atoms with Gasteiger partial charge in [0.2, 0.25) is 11.8 Å². The van der Waals surface area contributed by atoms with E-state index in [0.717, 1.165) is 12.0 Å². The van der Waals surface area contributed by atoms with E-state index in [1.54, 1.807) is 0 Å². The number of benzene rings is 1. The third-order valence-corrected chi connectivity index (χ3v) is 5.89. The summed E-state index contributed by atoms with van der Waals surface area (Å²) in [6.45, 7) is 2.56. The number of hydrogen-bond donors (Lipinski definition) is 1. The summed E-state index contributed by atoms with van der Waals surface area (Å²) in [6.07, 6.45) is 7.07. The van der Waals surface area contributed by atoms with E-state index in [0.29, 0.717) is 24.8 Å². The molecule has 4 heteroatoms. The second kappa shape index (κ2) is 6.08. The summed E-state index contributed by atoms with van der Waals surface area (Å²) in [5.74, 6) is 1.05. The van der Waals surface area contributed by atoms with Crippen molar-refractivity contribution in [1.29, 1.82) is 0 Å². The molecule has 1 aliphatic heterocycles. The van der Waals surface area contributed by atoms with Crippen LogP contribution in [0.5, 0.6) is 0 Å². The molecule has 5 atom stereocenters. The largest absolute Gasteiger partial charge is 0.352 e. The normalized spacial score (nSPS) is 32.4. The molecular weight excluding hydrogens is 300 g/mol. The molecule has 2 fully saturated rings. The summed E-state index contributed by atoms with van der Waals surface area (Å²) in [5.41, 5.74) is 1.12. The molecule has 4 rings (SSSR count). The lowest BCUT2D eigenvalue weighted by Gasteiger charge is -2.26. The predicted molar refractivity (Wildman–Crippen MR) is 92.0 cm³/mol. The number of fused-ring (bicyclic) bond motifs is 2. The van der Waals surface area contributed by atoms with Gasteiger partial charge in [-0.1, -0.05) is 42.5 Å². The summed E-state index contributed by atoms with van der Waals surface area (Å²) < 4.78 is 0. The van der Waals surface area contributed by atoms with E-state index in [1.807, 2.05) is 42.2 Å². The first kappa shape index (κ1) is 15.4. The number of allylic oxidation sites excluding steroid dienone is 1. The maximum atomic E-state index is 12.6. The number of hydrogen-bond acceptors (Lipinski definition) is 2. The Morgan fingerprint density at radius 1 is 1.21 bits per heavy atom. The van der Waals surface area contributed by atoms with Gasteiger partial charge in [0.1, 0.15) is 0 Å². The molecule has 1 heterocycles. The molecule has 1 saturated carbocycles. The highest BCUT2D eigenvalue weighted by Crippen LogP contribution is 2.39. The Balaban J connectivity index is 1.38. The number of nitrogens with zero attached hydrogens (tertiary/aromatic N) is 1. The van der Waals surface area contributed by atoms with Crippen LogP contribution in [0.15, 0.2) is 42.5 Å². The van der Waals surface area contributed by atoms with Crippen molar-refractivity contribution in [3.8, 4) is 0 Å². The molecular formula is C20H24N2O2. The van der Waals surface area contributed by atoms with Crippen LogP contribution in [-0.2, 0) is 9.59 Å². The van der Waals surface area contributed by atoms with Gasteiger partial charge in [-0.3, -0.25) is 9.59 Å². The molecule has 24 heavy (non-hydrogen) atoms. The summed E-state index contributed by atoms with van der Waals surface area (Å²) >= 11 is 0. The van der Waals surface area contributed by atoms with Crippen molar-refractivity contribution in [1.82, 2.24) is 10.2 Å². The molecule has 1 aromatic rings. The van der Waals surface area contributed by atoms with Crippen molar-refractivity contribution in [2.24, 2.45) is 17.8 Å². The molecule has 4 nitrogen and oxygen atoms in total. The standard InChI is InChI=1S/C20H24N2O2/c1-13(15-5-3-2-4-6-15)22-12-17(11-19(22)23)20(24)21-18-10-14-7-8-16(18)9-14/h2-8,13-14,16-18H,9-12H2,1H3,(H,21,24). The lowest BCUT2D eigenvalue weighted by molar-refractivity contribution is -0.130. The molecule has 2 amide bonds. The van der Waals surface area contributed by atoms with Crippen LogP contribution in [0, 0.1) is 17.8 Å². The van der Waals surface area contributed by atoms with Gasteiger partial charge in [0, 0.05) is 19.0 Å². The monoisotopic (exact) mass is 324 g/mol. The zero-order valence-electron chi connectivity index (χ0n) is 14.0. The topological polar surface area (TPSA) is 49.4 Å². The van der Waals surface area contributed by atoms with Gasteiger partial charge in [-0.15, -0.1) is 0 Å². The van der Waals surface area contributed by atoms with Crippen molar-refractivity contribution in [2.75, 3.05) is 6.54 Å². The highest BCUT2D eigenvalue weighted by atomic mass is 16.2. The SMILES string of the molecule is CC(c1ccccc1)N1CC(C(=O)NC2CC3C=CC2C3)CC1=O. The highest BCUT2D eigenvalue weighted by molar-refractivity contribution is 5.89. The Morgan fingerprint density at radius 3 is 2.67 bits per heavy atom. The van der Waals surface area contributed by atoms with Gasteiger partial charge in [-0.05, 0) is 37.2 Å². The highest BCUT2D eigenvalue weighted by Gasteiger charge is 2.40. The quantitative estimate of drug-likeness (QED) is 0.866.